The van der Waals surface area contributed by atoms with Crippen LogP contribution in [0.5, 0.6) is 0 Å². The van der Waals surface area contributed by atoms with Gasteiger partial charge in [0.15, 0.2) is 0 Å². The lowest BCUT2D eigenvalue weighted by atomic mass is 9.66. The number of carbonyl (C=O) groups is 1. The van der Waals surface area contributed by atoms with E-state index >= 15 is 0 Å². The third kappa shape index (κ3) is 2.40. The van der Waals surface area contributed by atoms with E-state index in [1.165, 1.54) is 19.3 Å². The Hall–Kier alpha value is 0.160. The number of alkyl halides is 1. The highest BCUT2D eigenvalue weighted by Crippen LogP contribution is 2.70. The van der Waals surface area contributed by atoms with Crippen LogP contribution < -0.4 is 0 Å². The van der Waals surface area contributed by atoms with Gasteiger partial charge >= 0.3 is 5.97 Å². The van der Waals surface area contributed by atoms with Gasteiger partial charge in [0, 0.05) is 6.61 Å². The van der Waals surface area contributed by atoms with Crippen molar-refractivity contribution in [2.45, 2.75) is 61.9 Å². The summed E-state index contributed by atoms with van der Waals surface area (Å²) in [7, 11) is 0. The smallest absolute Gasteiger partial charge is 0.322 e. The number of rotatable bonds is 4. The maximum Gasteiger partial charge on any atom is 0.322 e. The van der Waals surface area contributed by atoms with Crippen molar-refractivity contribution in [1.29, 1.82) is 0 Å². The van der Waals surface area contributed by atoms with Crippen LogP contribution in [0.2, 0.25) is 0 Å². The highest BCUT2D eigenvalue weighted by Gasteiger charge is 2.63. The first-order valence-corrected chi connectivity index (χ1v) is 9.00. The fourth-order valence-electron chi connectivity index (χ4n) is 4.54. The zero-order valence-corrected chi connectivity index (χ0v) is 14.6. The molecule has 20 heavy (non-hydrogen) atoms. The fraction of sp³-hybridized carbons (Fsp3) is 0.938. The maximum absolute atomic E-state index is 12.3. The molecule has 3 rings (SSSR count). The second-order valence-electron chi connectivity index (χ2n) is 7.35. The van der Waals surface area contributed by atoms with Crippen LogP contribution in [0, 0.1) is 23.2 Å². The minimum Gasteiger partial charge on any atom is -0.461 e. The SMILES string of the molecule is CCC(C)(I)C(=O)OC1CCC23CC1CC(CO)C2C3. The largest absolute Gasteiger partial charge is 0.461 e. The third-order valence-corrected chi connectivity index (χ3v) is 7.33. The average Bonchev–Trinajstić information content (AvgIpc) is 3.14. The molecule has 0 amide bonds. The standard InChI is InChI=1S/C16H25IO3/c1-3-15(2,17)14(19)20-13-4-5-16-7-10(13)6-11(9-18)12(16)8-16/h10-13,18H,3-9H2,1-2H3. The summed E-state index contributed by atoms with van der Waals surface area (Å²) in [5.41, 5.74) is 0.512. The number of carbonyl (C=O) groups excluding carboxylic acids is 1. The lowest BCUT2D eigenvalue weighted by molar-refractivity contribution is -0.159. The molecule has 3 saturated carbocycles. The molecular weight excluding hydrogens is 367 g/mol. The molecule has 0 aliphatic heterocycles. The van der Waals surface area contributed by atoms with Crippen molar-refractivity contribution in [3.05, 3.63) is 0 Å². The summed E-state index contributed by atoms with van der Waals surface area (Å²) in [5.74, 6) is 1.63. The van der Waals surface area contributed by atoms with E-state index in [9.17, 15) is 9.90 Å². The quantitative estimate of drug-likeness (QED) is 0.454. The van der Waals surface area contributed by atoms with Gasteiger partial charge in [-0.2, -0.15) is 0 Å². The van der Waals surface area contributed by atoms with Gasteiger partial charge in [0.05, 0.1) is 0 Å². The molecule has 3 nitrogen and oxygen atoms in total. The van der Waals surface area contributed by atoms with Gasteiger partial charge in [0.2, 0.25) is 0 Å². The van der Waals surface area contributed by atoms with Gasteiger partial charge in [-0.05, 0) is 68.6 Å². The van der Waals surface area contributed by atoms with Crippen molar-refractivity contribution in [1.82, 2.24) is 0 Å². The Kier molecular flexibility index (Phi) is 3.85. The summed E-state index contributed by atoms with van der Waals surface area (Å²) in [6.07, 6.45) is 6.67. The summed E-state index contributed by atoms with van der Waals surface area (Å²) >= 11 is 2.21. The summed E-state index contributed by atoms with van der Waals surface area (Å²) in [6.45, 7) is 4.29. The number of halogens is 1. The third-order valence-electron chi connectivity index (χ3n) is 6.13. The normalized spacial score (nSPS) is 45.2. The van der Waals surface area contributed by atoms with Crippen LogP contribution in [0.4, 0.5) is 0 Å². The first-order valence-electron chi connectivity index (χ1n) is 7.93. The lowest BCUT2D eigenvalue weighted by Gasteiger charge is -2.43. The molecule has 2 bridgehead atoms. The Labute approximate surface area is 135 Å². The molecule has 0 heterocycles. The van der Waals surface area contributed by atoms with Crippen LogP contribution in [0.15, 0.2) is 0 Å². The molecule has 1 N–H and O–H groups in total. The van der Waals surface area contributed by atoms with E-state index in [1.807, 2.05) is 13.8 Å². The molecule has 3 aliphatic rings. The Bertz CT molecular complexity index is 409. The average molecular weight is 392 g/mol. The number of hydrogen-bond acceptors (Lipinski definition) is 3. The second-order valence-corrected chi connectivity index (χ2v) is 9.73. The number of ether oxygens (including phenoxy) is 1. The molecule has 0 radical (unpaired) electrons. The minimum absolute atomic E-state index is 0.0555. The van der Waals surface area contributed by atoms with Crippen LogP contribution in [-0.4, -0.2) is 27.2 Å². The Morgan fingerprint density at radius 3 is 2.90 bits per heavy atom. The number of esters is 1. The summed E-state index contributed by atoms with van der Waals surface area (Å²) in [5, 5.41) is 9.57. The molecule has 3 fully saturated rings. The molecular formula is C16H25IO3. The van der Waals surface area contributed by atoms with Crippen LogP contribution >= 0.6 is 22.6 Å². The van der Waals surface area contributed by atoms with Crippen molar-refractivity contribution in [3.63, 3.8) is 0 Å². The predicted octanol–water partition coefficient (Wildman–Crippen LogP) is 3.32. The molecule has 6 unspecified atom stereocenters. The zero-order chi connectivity index (χ0) is 14.5. The van der Waals surface area contributed by atoms with Crippen LogP contribution in [0.25, 0.3) is 0 Å². The summed E-state index contributed by atoms with van der Waals surface area (Å²) in [4.78, 5) is 12.3. The fourth-order valence-corrected chi connectivity index (χ4v) is 4.67. The monoisotopic (exact) mass is 392 g/mol. The van der Waals surface area contributed by atoms with Crippen molar-refractivity contribution in [2.24, 2.45) is 23.2 Å². The van der Waals surface area contributed by atoms with Crippen LogP contribution in [-0.2, 0) is 9.53 Å². The Morgan fingerprint density at radius 2 is 2.25 bits per heavy atom. The van der Waals surface area contributed by atoms with E-state index in [1.54, 1.807) is 0 Å². The zero-order valence-electron chi connectivity index (χ0n) is 12.4. The summed E-state index contributed by atoms with van der Waals surface area (Å²) in [6, 6.07) is 0. The van der Waals surface area contributed by atoms with Crippen molar-refractivity contribution >= 4 is 28.6 Å². The molecule has 0 aromatic heterocycles. The molecule has 0 aromatic rings. The molecule has 4 heteroatoms. The van der Waals surface area contributed by atoms with Gasteiger partial charge in [-0.15, -0.1) is 0 Å². The molecule has 3 aliphatic carbocycles. The Balaban J connectivity index is 1.66. The number of aliphatic hydroxyl groups excluding tert-OH is 1. The van der Waals surface area contributed by atoms with Gasteiger partial charge in [-0.25, -0.2) is 0 Å². The van der Waals surface area contributed by atoms with Crippen molar-refractivity contribution < 1.29 is 14.6 Å². The lowest BCUT2D eigenvalue weighted by Crippen LogP contribution is -2.43. The first kappa shape index (κ1) is 15.1. The van der Waals surface area contributed by atoms with Gasteiger partial charge in [-0.1, -0.05) is 29.5 Å². The number of fused-ring (bicyclic) bond motifs is 1. The van der Waals surface area contributed by atoms with Gasteiger partial charge in [0.1, 0.15) is 9.53 Å². The van der Waals surface area contributed by atoms with E-state index in [0.717, 1.165) is 25.2 Å². The molecule has 114 valence electrons. The maximum atomic E-state index is 12.3. The van der Waals surface area contributed by atoms with E-state index in [4.69, 9.17) is 4.74 Å². The highest BCUT2D eigenvalue weighted by atomic mass is 127. The molecule has 0 aromatic carbocycles. The van der Waals surface area contributed by atoms with Crippen molar-refractivity contribution in [3.8, 4) is 0 Å². The number of hydrogen-bond donors (Lipinski definition) is 1. The number of aliphatic hydroxyl groups is 1. The van der Waals surface area contributed by atoms with E-state index in [2.05, 4.69) is 22.6 Å². The van der Waals surface area contributed by atoms with Crippen molar-refractivity contribution in [2.75, 3.05) is 6.61 Å². The van der Waals surface area contributed by atoms with Gasteiger partial charge in [0.25, 0.3) is 0 Å². The topological polar surface area (TPSA) is 46.5 Å². The predicted molar refractivity (Wildman–Crippen MR) is 85.7 cm³/mol. The second kappa shape index (κ2) is 5.11. The Morgan fingerprint density at radius 1 is 1.50 bits per heavy atom. The van der Waals surface area contributed by atoms with E-state index in [-0.39, 0.29) is 12.1 Å². The van der Waals surface area contributed by atoms with E-state index < -0.39 is 3.42 Å². The highest BCUT2D eigenvalue weighted by molar-refractivity contribution is 14.1. The van der Waals surface area contributed by atoms with Crippen LogP contribution in [0.3, 0.4) is 0 Å². The summed E-state index contributed by atoms with van der Waals surface area (Å²) < 4.78 is 5.46. The molecule has 6 atom stereocenters. The van der Waals surface area contributed by atoms with Gasteiger partial charge in [-0.3, -0.25) is 4.79 Å². The minimum atomic E-state index is -0.403. The van der Waals surface area contributed by atoms with Gasteiger partial charge < -0.3 is 9.84 Å². The first-order chi connectivity index (χ1) is 9.42. The molecule has 1 spiro atoms. The molecule has 0 saturated heterocycles. The van der Waals surface area contributed by atoms with E-state index in [0.29, 0.717) is 23.9 Å². The van der Waals surface area contributed by atoms with Crippen LogP contribution in [0.1, 0.15) is 52.4 Å².